The highest BCUT2D eigenvalue weighted by atomic mass is 16.5. The Morgan fingerprint density at radius 1 is 1.19 bits per heavy atom. The van der Waals surface area contributed by atoms with Gasteiger partial charge in [-0.15, -0.1) is 0 Å². The zero-order chi connectivity index (χ0) is 14.5. The summed E-state index contributed by atoms with van der Waals surface area (Å²) in [5.74, 6) is 0.800. The first-order valence-corrected chi connectivity index (χ1v) is 8.42. The number of ether oxygens (including phenoxy) is 1. The molecule has 3 heteroatoms. The fourth-order valence-corrected chi connectivity index (χ4v) is 2.84. The summed E-state index contributed by atoms with van der Waals surface area (Å²) < 4.78 is 5.95. The van der Waals surface area contributed by atoms with E-state index in [9.17, 15) is 0 Å². The van der Waals surface area contributed by atoms with Crippen LogP contribution in [0.2, 0.25) is 0 Å². The van der Waals surface area contributed by atoms with Crippen LogP contribution in [0.1, 0.15) is 38.2 Å². The van der Waals surface area contributed by atoms with Crippen molar-refractivity contribution in [1.29, 1.82) is 0 Å². The molecule has 0 spiro atoms. The Balaban J connectivity index is 1.22. The van der Waals surface area contributed by atoms with Gasteiger partial charge in [-0.3, -0.25) is 0 Å². The number of hydrogen-bond donors (Lipinski definition) is 2. The topological polar surface area (TPSA) is 33.3 Å². The van der Waals surface area contributed by atoms with Crippen molar-refractivity contribution >= 4 is 0 Å². The first-order valence-electron chi connectivity index (χ1n) is 8.42. The molecular weight excluding hydrogens is 260 g/mol. The first-order chi connectivity index (χ1) is 10.3. The van der Waals surface area contributed by atoms with Gasteiger partial charge >= 0.3 is 0 Å². The van der Waals surface area contributed by atoms with E-state index in [4.69, 9.17) is 4.74 Å². The lowest BCUT2D eigenvalue weighted by molar-refractivity contribution is -0.0399. The highest BCUT2D eigenvalue weighted by Gasteiger charge is 2.29. The minimum Gasteiger partial charge on any atom is -0.374 e. The van der Waals surface area contributed by atoms with Gasteiger partial charge in [0.05, 0.1) is 12.7 Å². The summed E-state index contributed by atoms with van der Waals surface area (Å²) in [7, 11) is 0. The number of hydrogen-bond acceptors (Lipinski definition) is 3. The van der Waals surface area contributed by atoms with Crippen LogP contribution in [0.5, 0.6) is 0 Å². The SMILES string of the molecule is CC(CNC1CC1)NCC1CC(OCc2ccccc2)C1. The van der Waals surface area contributed by atoms with E-state index in [1.807, 2.05) is 6.07 Å². The van der Waals surface area contributed by atoms with Crippen LogP contribution in [0.4, 0.5) is 0 Å². The van der Waals surface area contributed by atoms with Crippen LogP contribution in [0.15, 0.2) is 30.3 Å². The maximum Gasteiger partial charge on any atom is 0.0720 e. The summed E-state index contributed by atoms with van der Waals surface area (Å²) in [5.41, 5.74) is 1.28. The minimum atomic E-state index is 0.469. The molecule has 1 unspecified atom stereocenters. The maximum atomic E-state index is 5.95. The van der Waals surface area contributed by atoms with E-state index >= 15 is 0 Å². The zero-order valence-corrected chi connectivity index (χ0v) is 13.1. The molecule has 0 saturated heterocycles. The molecule has 2 fully saturated rings. The van der Waals surface area contributed by atoms with E-state index in [1.165, 1.54) is 31.2 Å². The number of benzene rings is 1. The molecule has 0 aliphatic heterocycles. The maximum absolute atomic E-state index is 5.95. The molecule has 2 saturated carbocycles. The van der Waals surface area contributed by atoms with Crippen molar-refractivity contribution < 1.29 is 4.74 Å². The zero-order valence-electron chi connectivity index (χ0n) is 13.1. The lowest BCUT2D eigenvalue weighted by Crippen LogP contribution is -2.43. The molecule has 2 aliphatic rings. The summed E-state index contributed by atoms with van der Waals surface area (Å²) in [5, 5.41) is 7.22. The van der Waals surface area contributed by atoms with Gasteiger partial charge in [0.25, 0.3) is 0 Å². The summed E-state index contributed by atoms with van der Waals surface area (Å²) >= 11 is 0. The van der Waals surface area contributed by atoms with Crippen molar-refractivity contribution in [2.24, 2.45) is 5.92 Å². The summed E-state index contributed by atoms with van der Waals surface area (Å²) in [6.07, 6.45) is 5.63. The Hall–Kier alpha value is -0.900. The Kier molecular flexibility index (Phi) is 5.28. The molecule has 0 aromatic heterocycles. The predicted molar refractivity (Wildman–Crippen MR) is 86.2 cm³/mol. The largest absolute Gasteiger partial charge is 0.374 e. The van der Waals surface area contributed by atoms with Crippen molar-refractivity contribution in [2.45, 2.75) is 57.4 Å². The second kappa shape index (κ2) is 7.39. The lowest BCUT2D eigenvalue weighted by Gasteiger charge is -2.36. The van der Waals surface area contributed by atoms with Gasteiger partial charge in [-0.1, -0.05) is 30.3 Å². The van der Waals surface area contributed by atoms with Crippen molar-refractivity contribution in [1.82, 2.24) is 10.6 Å². The predicted octanol–water partition coefficient (Wildman–Crippen LogP) is 2.71. The molecule has 21 heavy (non-hydrogen) atoms. The van der Waals surface area contributed by atoms with Gasteiger partial charge in [0, 0.05) is 18.6 Å². The van der Waals surface area contributed by atoms with Crippen molar-refractivity contribution in [3.05, 3.63) is 35.9 Å². The Labute approximate surface area is 128 Å². The highest BCUT2D eigenvalue weighted by molar-refractivity contribution is 5.13. The van der Waals surface area contributed by atoms with Crippen LogP contribution in [-0.4, -0.2) is 31.3 Å². The highest BCUT2D eigenvalue weighted by Crippen LogP contribution is 2.30. The van der Waals surface area contributed by atoms with Gasteiger partial charge in [-0.05, 0) is 50.6 Å². The molecule has 0 radical (unpaired) electrons. The van der Waals surface area contributed by atoms with E-state index in [2.05, 4.69) is 41.8 Å². The second-order valence-corrected chi connectivity index (χ2v) is 6.75. The van der Waals surface area contributed by atoms with Gasteiger partial charge in [0.15, 0.2) is 0 Å². The summed E-state index contributed by atoms with van der Waals surface area (Å²) in [4.78, 5) is 0. The van der Waals surface area contributed by atoms with E-state index in [-0.39, 0.29) is 0 Å². The molecular formula is C18H28N2O. The van der Waals surface area contributed by atoms with Crippen molar-refractivity contribution in [3.63, 3.8) is 0 Å². The normalized spacial score (nSPS) is 26.3. The average molecular weight is 288 g/mol. The van der Waals surface area contributed by atoms with E-state index in [0.717, 1.165) is 31.7 Å². The minimum absolute atomic E-state index is 0.469. The number of nitrogens with one attached hydrogen (secondary N) is 2. The molecule has 0 amide bonds. The first kappa shape index (κ1) is 15.0. The fraction of sp³-hybridized carbons (Fsp3) is 0.667. The van der Waals surface area contributed by atoms with Crippen LogP contribution in [0.25, 0.3) is 0 Å². The molecule has 2 N–H and O–H groups in total. The van der Waals surface area contributed by atoms with Crippen LogP contribution < -0.4 is 10.6 Å². The van der Waals surface area contributed by atoms with Crippen LogP contribution >= 0.6 is 0 Å². The molecule has 3 nitrogen and oxygen atoms in total. The number of rotatable bonds is 9. The average Bonchev–Trinajstić information content (AvgIpc) is 3.28. The van der Waals surface area contributed by atoms with Crippen molar-refractivity contribution in [2.75, 3.05) is 13.1 Å². The molecule has 2 aliphatic carbocycles. The smallest absolute Gasteiger partial charge is 0.0720 e. The summed E-state index contributed by atoms with van der Waals surface area (Å²) in [6.45, 7) is 5.27. The van der Waals surface area contributed by atoms with Gasteiger partial charge < -0.3 is 15.4 Å². The molecule has 116 valence electrons. The Morgan fingerprint density at radius 3 is 2.67 bits per heavy atom. The van der Waals surface area contributed by atoms with Gasteiger partial charge in [0.1, 0.15) is 0 Å². The Bertz CT molecular complexity index is 412. The third kappa shape index (κ3) is 5.10. The standard InChI is InChI=1S/C18H28N2O/c1-14(11-20-17-7-8-17)19-12-16-9-18(10-16)21-13-15-5-3-2-4-6-15/h2-6,14,16-20H,7-13H2,1H3. The second-order valence-electron chi connectivity index (χ2n) is 6.75. The van der Waals surface area contributed by atoms with Crippen LogP contribution in [-0.2, 0) is 11.3 Å². The Morgan fingerprint density at radius 2 is 1.95 bits per heavy atom. The van der Waals surface area contributed by atoms with E-state index in [1.54, 1.807) is 0 Å². The fourth-order valence-electron chi connectivity index (χ4n) is 2.84. The van der Waals surface area contributed by atoms with Crippen LogP contribution in [0.3, 0.4) is 0 Å². The van der Waals surface area contributed by atoms with Crippen LogP contribution in [0, 0.1) is 5.92 Å². The van der Waals surface area contributed by atoms with Gasteiger partial charge in [0.2, 0.25) is 0 Å². The third-order valence-electron chi connectivity index (χ3n) is 4.57. The lowest BCUT2D eigenvalue weighted by atomic mass is 9.82. The summed E-state index contributed by atoms with van der Waals surface area (Å²) in [6, 6.07) is 11.8. The quantitative estimate of drug-likeness (QED) is 0.733. The molecule has 1 atom stereocenters. The van der Waals surface area contributed by atoms with Gasteiger partial charge in [-0.25, -0.2) is 0 Å². The molecule has 0 bridgehead atoms. The molecule has 0 heterocycles. The van der Waals surface area contributed by atoms with E-state index < -0.39 is 0 Å². The van der Waals surface area contributed by atoms with Crippen molar-refractivity contribution in [3.8, 4) is 0 Å². The monoisotopic (exact) mass is 288 g/mol. The van der Waals surface area contributed by atoms with E-state index in [0.29, 0.717) is 12.1 Å². The van der Waals surface area contributed by atoms with Gasteiger partial charge in [-0.2, -0.15) is 0 Å². The molecule has 3 rings (SSSR count). The molecule has 1 aromatic rings. The third-order valence-corrected chi connectivity index (χ3v) is 4.57. The molecule has 1 aromatic carbocycles.